The van der Waals surface area contributed by atoms with E-state index >= 15 is 0 Å². The minimum absolute atomic E-state index is 0.112. The molecule has 4 rings (SSSR count). The van der Waals surface area contributed by atoms with Crippen molar-refractivity contribution in [2.24, 2.45) is 0 Å². The molecule has 0 radical (unpaired) electrons. The molecule has 0 spiro atoms. The smallest absolute Gasteiger partial charge is 0.315 e. The molecule has 0 aliphatic carbocycles. The van der Waals surface area contributed by atoms with Gasteiger partial charge in [-0.05, 0) is 18.1 Å². The molecule has 2 aliphatic heterocycles. The van der Waals surface area contributed by atoms with Crippen LogP contribution in [0.2, 0.25) is 0 Å². The van der Waals surface area contributed by atoms with Crippen molar-refractivity contribution < 1.29 is 23.8 Å². The fraction of sp³-hybridized carbons (Fsp3) is 0.364. The molecule has 0 unspecified atom stereocenters. The van der Waals surface area contributed by atoms with E-state index in [0.29, 0.717) is 6.61 Å². The summed E-state index contributed by atoms with van der Waals surface area (Å²) >= 11 is 0. The van der Waals surface area contributed by atoms with Gasteiger partial charge >= 0.3 is 5.97 Å². The fourth-order valence-corrected chi connectivity index (χ4v) is 3.71. The van der Waals surface area contributed by atoms with E-state index in [9.17, 15) is 9.59 Å². The van der Waals surface area contributed by atoms with Crippen LogP contribution in [-0.4, -0.2) is 42.3 Å². The molecule has 6 nitrogen and oxygen atoms in total. The third-order valence-electron chi connectivity index (χ3n) is 5.04. The van der Waals surface area contributed by atoms with Crippen LogP contribution < -0.4 is 0 Å². The summed E-state index contributed by atoms with van der Waals surface area (Å²) < 4.78 is 16.8. The fourth-order valence-electron chi connectivity index (χ4n) is 3.71. The summed E-state index contributed by atoms with van der Waals surface area (Å²) in [4.78, 5) is 26.5. The molecule has 0 bridgehead atoms. The van der Waals surface area contributed by atoms with Crippen LogP contribution in [0.4, 0.5) is 0 Å². The average Bonchev–Trinajstić information content (AvgIpc) is 3.39. The number of esters is 1. The second-order valence-electron chi connectivity index (χ2n) is 6.87. The number of benzene rings is 2. The minimum atomic E-state index is -0.530. The zero-order valence-electron chi connectivity index (χ0n) is 15.7. The lowest BCUT2D eigenvalue weighted by atomic mass is 10.0. The Kier molecular flexibility index (Phi) is 5.41. The van der Waals surface area contributed by atoms with Crippen molar-refractivity contribution in [1.29, 1.82) is 0 Å². The van der Waals surface area contributed by atoms with Crippen LogP contribution >= 0.6 is 0 Å². The number of carbonyl (C=O) groups is 2. The van der Waals surface area contributed by atoms with Crippen LogP contribution in [0.1, 0.15) is 36.6 Å². The Balaban J connectivity index is 1.55. The van der Waals surface area contributed by atoms with E-state index < -0.39 is 12.2 Å². The van der Waals surface area contributed by atoms with E-state index in [-0.39, 0.29) is 37.2 Å². The van der Waals surface area contributed by atoms with Crippen molar-refractivity contribution >= 4 is 11.9 Å². The number of carbonyl (C=O) groups excluding carboxylic acids is 2. The number of ether oxygens (including phenoxy) is 3. The molecular formula is C22H23NO5. The van der Waals surface area contributed by atoms with Gasteiger partial charge in [-0.15, -0.1) is 0 Å². The van der Waals surface area contributed by atoms with E-state index in [4.69, 9.17) is 14.2 Å². The molecule has 0 aromatic heterocycles. The zero-order valence-corrected chi connectivity index (χ0v) is 15.7. The van der Waals surface area contributed by atoms with Gasteiger partial charge in [0.1, 0.15) is 18.6 Å². The number of amides is 1. The van der Waals surface area contributed by atoms with Crippen LogP contribution in [0.3, 0.4) is 0 Å². The number of hydrogen-bond donors (Lipinski definition) is 0. The molecule has 0 N–H and O–H groups in total. The van der Waals surface area contributed by atoms with Crippen LogP contribution in [-0.2, 0) is 23.8 Å². The quantitative estimate of drug-likeness (QED) is 0.437. The maximum absolute atomic E-state index is 13.0. The van der Waals surface area contributed by atoms with Crippen LogP contribution in [0.15, 0.2) is 60.7 Å². The molecule has 146 valence electrons. The predicted octanol–water partition coefficient (Wildman–Crippen LogP) is 3.01. The van der Waals surface area contributed by atoms with Gasteiger partial charge in [0.2, 0.25) is 5.91 Å². The van der Waals surface area contributed by atoms with Crippen molar-refractivity contribution in [3.8, 4) is 0 Å². The van der Waals surface area contributed by atoms with E-state index in [1.165, 1.54) is 0 Å². The summed E-state index contributed by atoms with van der Waals surface area (Å²) in [5, 5.41) is 0. The Labute approximate surface area is 164 Å². The van der Waals surface area contributed by atoms with Gasteiger partial charge in [0.25, 0.3) is 0 Å². The highest BCUT2D eigenvalue weighted by atomic mass is 16.6. The summed E-state index contributed by atoms with van der Waals surface area (Å²) in [6.07, 6.45) is -1.20. The molecule has 28 heavy (non-hydrogen) atoms. The normalized spacial score (nSPS) is 26.1. The Bertz CT molecular complexity index is 825. The second kappa shape index (κ2) is 8.12. The van der Waals surface area contributed by atoms with Crippen molar-refractivity contribution in [3.63, 3.8) is 0 Å². The number of nitrogens with zero attached hydrogens (tertiary/aromatic N) is 1. The van der Waals surface area contributed by atoms with Crippen molar-refractivity contribution in [3.05, 3.63) is 71.8 Å². The van der Waals surface area contributed by atoms with E-state index in [1.54, 1.807) is 11.8 Å². The van der Waals surface area contributed by atoms with Gasteiger partial charge in [-0.1, -0.05) is 60.7 Å². The third kappa shape index (κ3) is 3.79. The summed E-state index contributed by atoms with van der Waals surface area (Å²) in [6.45, 7) is 2.33. The van der Waals surface area contributed by atoms with Gasteiger partial charge in [-0.25, -0.2) is 0 Å². The largest absolute Gasteiger partial charge is 0.466 e. The van der Waals surface area contributed by atoms with E-state index in [1.807, 2.05) is 60.7 Å². The molecule has 0 saturated carbocycles. The molecule has 2 heterocycles. The lowest BCUT2D eigenvalue weighted by Crippen LogP contribution is -2.42. The zero-order chi connectivity index (χ0) is 19.5. The van der Waals surface area contributed by atoms with Gasteiger partial charge < -0.3 is 19.1 Å². The molecule has 2 aromatic carbocycles. The predicted molar refractivity (Wildman–Crippen MR) is 101 cm³/mol. The third-order valence-corrected chi connectivity index (χ3v) is 5.04. The second-order valence-corrected chi connectivity index (χ2v) is 6.87. The molecule has 2 saturated heterocycles. The highest BCUT2D eigenvalue weighted by molar-refractivity contribution is 5.94. The molecule has 2 aliphatic rings. The molecule has 6 heteroatoms. The Morgan fingerprint density at radius 3 is 2.32 bits per heavy atom. The molecule has 4 atom stereocenters. The Morgan fingerprint density at radius 1 is 1.04 bits per heavy atom. The van der Waals surface area contributed by atoms with Gasteiger partial charge in [-0.2, -0.15) is 0 Å². The summed E-state index contributed by atoms with van der Waals surface area (Å²) in [7, 11) is 0. The Hall–Kier alpha value is -2.70. The molecule has 2 aromatic rings. The number of hydrogen-bond acceptors (Lipinski definition) is 5. The first-order valence-electron chi connectivity index (χ1n) is 9.52. The van der Waals surface area contributed by atoms with Crippen LogP contribution in [0.5, 0.6) is 0 Å². The maximum Gasteiger partial charge on any atom is 0.315 e. The molecule has 2 fully saturated rings. The van der Waals surface area contributed by atoms with Crippen molar-refractivity contribution in [2.45, 2.75) is 37.8 Å². The minimum Gasteiger partial charge on any atom is -0.466 e. The number of epoxide rings is 1. The first kappa shape index (κ1) is 18.7. The average molecular weight is 381 g/mol. The Morgan fingerprint density at radius 2 is 1.68 bits per heavy atom. The van der Waals surface area contributed by atoms with E-state index in [2.05, 4.69) is 0 Å². The topological polar surface area (TPSA) is 68.4 Å². The molecule has 1 amide bonds. The lowest BCUT2D eigenvalue weighted by Gasteiger charge is -2.27. The van der Waals surface area contributed by atoms with E-state index in [0.717, 1.165) is 11.1 Å². The summed E-state index contributed by atoms with van der Waals surface area (Å²) in [5.74, 6) is -0.835. The highest BCUT2D eigenvalue weighted by Gasteiger charge is 2.54. The maximum atomic E-state index is 13.0. The van der Waals surface area contributed by atoms with Crippen LogP contribution in [0, 0.1) is 0 Å². The monoisotopic (exact) mass is 381 g/mol. The van der Waals surface area contributed by atoms with Crippen molar-refractivity contribution in [1.82, 2.24) is 4.90 Å². The van der Waals surface area contributed by atoms with Crippen LogP contribution in [0.25, 0.3) is 0 Å². The SMILES string of the molecule is CCOC(=O)CC(=O)N1[C@@H]([C@@H]2O[C@@H]2c2ccccc2)OC[C@H]1c1ccccc1. The van der Waals surface area contributed by atoms with Gasteiger partial charge in [-0.3, -0.25) is 9.59 Å². The highest BCUT2D eigenvalue weighted by Crippen LogP contribution is 2.46. The van der Waals surface area contributed by atoms with Crippen molar-refractivity contribution in [2.75, 3.05) is 13.2 Å². The van der Waals surface area contributed by atoms with Gasteiger partial charge in [0, 0.05) is 0 Å². The molecular weight excluding hydrogens is 358 g/mol. The summed E-state index contributed by atoms with van der Waals surface area (Å²) in [6, 6.07) is 19.3. The first-order valence-corrected chi connectivity index (χ1v) is 9.52. The number of rotatable bonds is 6. The van der Waals surface area contributed by atoms with Gasteiger partial charge in [0.15, 0.2) is 6.23 Å². The standard InChI is InChI=1S/C22H23NO5/c1-2-26-19(25)13-18(24)23-17(15-9-5-3-6-10-15)14-27-22(23)21-20(28-21)16-11-7-4-8-12-16/h3-12,17,20-22H,2,13-14H2,1H3/t17-,20+,21+,22+/m0/s1. The van der Waals surface area contributed by atoms with Gasteiger partial charge in [0.05, 0.1) is 19.3 Å². The first-order chi connectivity index (χ1) is 13.7. The summed E-state index contributed by atoms with van der Waals surface area (Å²) in [5.41, 5.74) is 2.02. The lowest BCUT2D eigenvalue weighted by molar-refractivity contribution is -0.151.